The predicted molar refractivity (Wildman–Crippen MR) is 132 cm³/mol. The van der Waals surface area contributed by atoms with E-state index in [0.717, 1.165) is 5.56 Å². The van der Waals surface area contributed by atoms with Crippen LogP contribution >= 0.6 is 11.6 Å². The van der Waals surface area contributed by atoms with Gasteiger partial charge in [-0.1, -0.05) is 11.6 Å². The first-order chi connectivity index (χ1) is 18.0. The van der Waals surface area contributed by atoms with E-state index >= 15 is 0 Å². The quantitative estimate of drug-likeness (QED) is 0.320. The minimum Gasteiger partial charge on any atom is -0.480 e. The largest absolute Gasteiger partial charge is 0.480 e. The number of carboxylic acid groups (broad SMARTS) is 1. The molecular formula is C26H23ClF2N4O5. The first-order valence-corrected chi connectivity index (χ1v) is 12.0. The summed E-state index contributed by atoms with van der Waals surface area (Å²) < 4.78 is 38.7. The molecule has 0 radical (unpaired) electrons. The SMILES string of the molecule is CC(C)(O)c1ncc(-c2ccc3nc4c(n3c2)C(c2cc(Cl)ccc2OC(F)F)CC4OCC(=O)O)cn1. The molecule has 3 heterocycles. The fourth-order valence-electron chi connectivity index (χ4n) is 4.65. The Morgan fingerprint density at radius 2 is 1.95 bits per heavy atom. The standard InChI is InChI=1S/C26H23ClF2N4O5/c1-26(2,36)24-30-9-14(10-31-24)13-3-6-20-32-22-19(37-12-21(34)35)8-17(23(22)33(20)11-13)16-7-15(27)4-5-18(16)38-25(28)29/h3-7,9-11,17,19,25,36H,8,12H2,1-2H3,(H,34,35). The molecule has 0 amide bonds. The Morgan fingerprint density at radius 3 is 2.61 bits per heavy atom. The van der Waals surface area contributed by atoms with Crippen LogP contribution in [0.5, 0.6) is 5.75 Å². The lowest BCUT2D eigenvalue weighted by molar-refractivity contribution is -0.144. The topological polar surface area (TPSA) is 119 Å². The average Bonchev–Trinajstić information content (AvgIpc) is 3.40. The number of aliphatic carboxylic acids is 1. The van der Waals surface area contributed by atoms with E-state index in [9.17, 15) is 18.7 Å². The maximum absolute atomic E-state index is 13.2. The van der Waals surface area contributed by atoms with Crippen molar-refractivity contribution in [3.05, 3.63) is 76.7 Å². The summed E-state index contributed by atoms with van der Waals surface area (Å²) in [5.41, 5.74) is 2.34. The smallest absolute Gasteiger partial charge is 0.387 e. The van der Waals surface area contributed by atoms with Crippen molar-refractivity contribution in [1.82, 2.24) is 19.4 Å². The molecule has 1 aromatic carbocycles. The maximum Gasteiger partial charge on any atom is 0.387 e. The second-order valence-corrected chi connectivity index (χ2v) is 9.86. The molecule has 2 N–H and O–H groups in total. The number of rotatable bonds is 8. The van der Waals surface area contributed by atoms with Crippen LogP contribution in [0, 0.1) is 0 Å². The van der Waals surface area contributed by atoms with Gasteiger partial charge in [0.05, 0.1) is 11.4 Å². The number of hydrogen-bond donors (Lipinski definition) is 2. The third-order valence-corrected chi connectivity index (χ3v) is 6.51. The van der Waals surface area contributed by atoms with Crippen molar-refractivity contribution in [2.24, 2.45) is 0 Å². The summed E-state index contributed by atoms with van der Waals surface area (Å²) in [5, 5.41) is 19.6. The molecular weight excluding hydrogens is 522 g/mol. The van der Waals surface area contributed by atoms with Gasteiger partial charge in [0, 0.05) is 46.2 Å². The molecule has 1 aliphatic rings. The zero-order valence-electron chi connectivity index (χ0n) is 20.3. The summed E-state index contributed by atoms with van der Waals surface area (Å²) in [6, 6.07) is 8.00. The van der Waals surface area contributed by atoms with Crippen molar-refractivity contribution < 1.29 is 33.3 Å². The molecule has 0 spiro atoms. The minimum absolute atomic E-state index is 0.0408. The number of aromatic nitrogens is 4. The summed E-state index contributed by atoms with van der Waals surface area (Å²) in [7, 11) is 0. The summed E-state index contributed by atoms with van der Waals surface area (Å²) in [4.78, 5) is 24.4. The number of aliphatic hydroxyl groups is 1. The molecule has 12 heteroatoms. The van der Waals surface area contributed by atoms with Crippen molar-refractivity contribution in [2.75, 3.05) is 6.61 Å². The Hall–Kier alpha value is -3.67. The van der Waals surface area contributed by atoms with Crippen molar-refractivity contribution in [2.45, 2.75) is 44.5 Å². The van der Waals surface area contributed by atoms with E-state index in [1.165, 1.54) is 12.1 Å². The number of alkyl halides is 2. The van der Waals surface area contributed by atoms with Crippen LogP contribution in [0.1, 0.15) is 55.1 Å². The lowest BCUT2D eigenvalue weighted by Crippen LogP contribution is -2.19. The third-order valence-electron chi connectivity index (χ3n) is 6.27. The monoisotopic (exact) mass is 544 g/mol. The van der Waals surface area contributed by atoms with Gasteiger partial charge in [0.2, 0.25) is 0 Å². The lowest BCUT2D eigenvalue weighted by atomic mass is 9.95. The summed E-state index contributed by atoms with van der Waals surface area (Å²) in [6.07, 6.45) is 4.57. The number of pyridine rings is 1. The van der Waals surface area contributed by atoms with Gasteiger partial charge in [-0.15, -0.1) is 0 Å². The van der Waals surface area contributed by atoms with Gasteiger partial charge in [-0.05, 0) is 50.6 Å². The van der Waals surface area contributed by atoms with Gasteiger partial charge in [0.1, 0.15) is 29.7 Å². The van der Waals surface area contributed by atoms with E-state index in [1.807, 2.05) is 16.7 Å². The zero-order chi connectivity index (χ0) is 27.2. The molecule has 0 aliphatic heterocycles. The lowest BCUT2D eigenvalue weighted by Gasteiger charge is -2.19. The highest BCUT2D eigenvalue weighted by atomic mass is 35.5. The second kappa shape index (κ2) is 9.90. The fraction of sp³-hybridized carbons (Fsp3) is 0.308. The first kappa shape index (κ1) is 26.0. The maximum atomic E-state index is 13.2. The Kier molecular flexibility index (Phi) is 6.76. The van der Waals surface area contributed by atoms with Crippen molar-refractivity contribution >= 4 is 23.2 Å². The van der Waals surface area contributed by atoms with Gasteiger partial charge >= 0.3 is 12.6 Å². The molecule has 2 atom stereocenters. The zero-order valence-corrected chi connectivity index (χ0v) is 21.1. The predicted octanol–water partition coefficient (Wildman–Crippen LogP) is 4.95. The van der Waals surface area contributed by atoms with Crippen LogP contribution in [0.2, 0.25) is 5.02 Å². The van der Waals surface area contributed by atoms with Crippen LogP contribution in [0.4, 0.5) is 8.78 Å². The van der Waals surface area contributed by atoms with Gasteiger partial charge in [-0.2, -0.15) is 8.78 Å². The Balaban J connectivity index is 1.63. The van der Waals surface area contributed by atoms with Gasteiger partial charge in [-0.3, -0.25) is 0 Å². The highest BCUT2D eigenvalue weighted by Crippen LogP contribution is 2.49. The number of benzene rings is 1. The van der Waals surface area contributed by atoms with Crippen molar-refractivity contribution in [1.29, 1.82) is 0 Å². The molecule has 3 aromatic heterocycles. The van der Waals surface area contributed by atoms with Crippen molar-refractivity contribution in [3.8, 4) is 16.9 Å². The molecule has 2 unspecified atom stereocenters. The number of halogens is 3. The van der Waals surface area contributed by atoms with E-state index in [1.54, 1.807) is 38.4 Å². The Labute approximate surface area is 220 Å². The third kappa shape index (κ3) is 5.04. The summed E-state index contributed by atoms with van der Waals surface area (Å²) in [6.45, 7) is -0.409. The number of nitrogens with zero attached hydrogens (tertiary/aromatic N) is 4. The van der Waals surface area contributed by atoms with E-state index in [-0.39, 0.29) is 18.0 Å². The van der Waals surface area contributed by atoms with E-state index in [0.29, 0.717) is 33.2 Å². The molecule has 4 aromatic rings. The van der Waals surface area contributed by atoms with Gasteiger partial charge in [0.25, 0.3) is 0 Å². The number of carbonyl (C=O) groups is 1. The van der Waals surface area contributed by atoms with Gasteiger partial charge in [-0.25, -0.2) is 19.7 Å². The van der Waals surface area contributed by atoms with Crippen LogP contribution in [0.3, 0.4) is 0 Å². The summed E-state index contributed by atoms with van der Waals surface area (Å²) in [5.74, 6) is -1.44. The molecule has 198 valence electrons. The molecule has 5 rings (SSSR count). The molecule has 0 bridgehead atoms. The van der Waals surface area contributed by atoms with Crippen LogP contribution in [0.15, 0.2) is 48.9 Å². The highest BCUT2D eigenvalue weighted by molar-refractivity contribution is 6.30. The first-order valence-electron chi connectivity index (χ1n) is 11.7. The number of fused-ring (bicyclic) bond motifs is 3. The van der Waals surface area contributed by atoms with Crippen LogP contribution in [-0.4, -0.2) is 48.8 Å². The molecule has 0 saturated carbocycles. The number of hydrogen-bond acceptors (Lipinski definition) is 7. The Bertz CT molecular complexity index is 1500. The van der Waals surface area contributed by atoms with E-state index in [4.69, 9.17) is 26.2 Å². The molecule has 0 saturated heterocycles. The second-order valence-electron chi connectivity index (χ2n) is 9.42. The van der Waals surface area contributed by atoms with Crippen LogP contribution in [-0.2, 0) is 15.1 Å². The number of ether oxygens (including phenoxy) is 2. The van der Waals surface area contributed by atoms with Crippen LogP contribution < -0.4 is 4.74 Å². The highest BCUT2D eigenvalue weighted by Gasteiger charge is 2.39. The fourth-order valence-corrected chi connectivity index (χ4v) is 4.83. The molecule has 38 heavy (non-hydrogen) atoms. The van der Waals surface area contributed by atoms with Gasteiger partial charge < -0.3 is 24.1 Å². The van der Waals surface area contributed by atoms with Crippen molar-refractivity contribution in [3.63, 3.8) is 0 Å². The summed E-state index contributed by atoms with van der Waals surface area (Å²) >= 11 is 6.23. The minimum atomic E-state index is -3.05. The molecule has 0 fully saturated rings. The van der Waals surface area contributed by atoms with E-state index in [2.05, 4.69) is 15.0 Å². The molecule has 9 nitrogen and oxygen atoms in total. The molecule has 1 aliphatic carbocycles. The number of imidazole rings is 1. The normalized spacial score (nSPS) is 17.2. The Morgan fingerprint density at radius 1 is 1.21 bits per heavy atom. The number of carboxylic acids is 1. The average molecular weight is 545 g/mol. The van der Waals surface area contributed by atoms with Gasteiger partial charge in [0.15, 0.2) is 5.82 Å². The van der Waals surface area contributed by atoms with Crippen LogP contribution in [0.25, 0.3) is 16.8 Å². The van der Waals surface area contributed by atoms with E-state index < -0.39 is 36.8 Å².